The predicted molar refractivity (Wildman–Crippen MR) is 111 cm³/mol. The Morgan fingerprint density at radius 3 is 2.45 bits per heavy atom. The lowest BCUT2D eigenvalue weighted by atomic mass is 10.1. The molecule has 8 heteroatoms. The van der Waals surface area contributed by atoms with Gasteiger partial charge in [-0.3, -0.25) is 4.79 Å². The monoisotopic (exact) mass is 399 g/mol. The standard InChI is InChI=1S/C21H25N3O5/c1-27-17-8-6-7-15(20(17)29-3)23-21(26)22-14-10-11-16(18(13-14)28-2)24-12-5-4-9-19(24)25/h6-8,10-11,13H,4-5,9,12H2,1-3H3,(H2,22,23,26). The fourth-order valence-electron chi connectivity index (χ4n) is 3.31. The summed E-state index contributed by atoms with van der Waals surface area (Å²) in [6.45, 7) is 0.665. The van der Waals surface area contributed by atoms with Crippen molar-refractivity contribution in [3.8, 4) is 17.2 Å². The SMILES string of the molecule is COc1cc(NC(=O)Nc2cccc(OC)c2OC)ccc1N1CCCCC1=O. The van der Waals surface area contributed by atoms with Crippen LogP contribution < -0.4 is 29.7 Å². The highest BCUT2D eigenvalue weighted by Crippen LogP contribution is 2.35. The minimum absolute atomic E-state index is 0.0816. The molecular formula is C21H25N3O5. The van der Waals surface area contributed by atoms with Crippen molar-refractivity contribution in [1.29, 1.82) is 0 Å². The molecule has 0 aliphatic carbocycles. The largest absolute Gasteiger partial charge is 0.494 e. The smallest absolute Gasteiger partial charge is 0.323 e. The molecule has 0 bridgehead atoms. The third-order valence-electron chi connectivity index (χ3n) is 4.70. The summed E-state index contributed by atoms with van der Waals surface area (Å²) in [7, 11) is 4.58. The summed E-state index contributed by atoms with van der Waals surface area (Å²) in [5, 5.41) is 5.51. The molecule has 0 atom stereocenters. The molecule has 2 aromatic rings. The topological polar surface area (TPSA) is 89.1 Å². The summed E-state index contributed by atoms with van der Waals surface area (Å²) in [6, 6.07) is 9.98. The summed E-state index contributed by atoms with van der Waals surface area (Å²) < 4.78 is 16.0. The molecule has 8 nitrogen and oxygen atoms in total. The number of ether oxygens (including phenoxy) is 3. The fourth-order valence-corrected chi connectivity index (χ4v) is 3.31. The number of rotatable bonds is 6. The van der Waals surface area contributed by atoms with Crippen LogP contribution in [0.1, 0.15) is 19.3 Å². The number of carbonyl (C=O) groups is 2. The minimum atomic E-state index is -0.444. The summed E-state index contributed by atoms with van der Waals surface area (Å²) in [6.07, 6.45) is 2.40. The number of carbonyl (C=O) groups excluding carboxylic acids is 2. The van der Waals surface area contributed by atoms with Gasteiger partial charge in [-0.15, -0.1) is 0 Å². The average molecular weight is 399 g/mol. The molecule has 0 unspecified atom stereocenters. The van der Waals surface area contributed by atoms with Crippen molar-refractivity contribution in [2.45, 2.75) is 19.3 Å². The molecule has 1 saturated heterocycles. The van der Waals surface area contributed by atoms with Crippen LogP contribution in [0.15, 0.2) is 36.4 Å². The molecule has 154 valence electrons. The number of piperidine rings is 1. The molecule has 2 N–H and O–H groups in total. The lowest BCUT2D eigenvalue weighted by Crippen LogP contribution is -2.35. The van der Waals surface area contributed by atoms with E-state index in [1.165, 1.54) is 21.3 Å². The molecule has 0 saturated carbocycles. The Hall–Kier alpha value is -3.42. The van der Waals surface area contributed by atoms with Crippen LogP contribution in [0.5, 0.6) is 17.2 Å². The van der Waals surface area contributed by atoms with Gasteiger partial charge in [0, 0.05) is 24.7 Å². The first-order valence-corrected chi connectivity index (χ1v) is 9.34. The van der Waals surface area contributed by atoms with Gasteiger partial charge in [0.15, 0.2) is 11.5 Å². The zero-order chi connectivity index (χ0) is 20.8. The Bertz CT molecular complexity index is 900. The molecule has 0 radical (unpaired) electrons. The van der Waals surface area contributed by atoms with Crippen molar-refractivity contribution in [3.63, 3.8) is 0 Å². The van der Waals surface area contributed by atoms with Gasteiger partial charge in [-0.2, -0.15) is 0 Å². The number of para-hydroxylation sites is 1. The van der Waals surface area contributed by atoms with Gasteiger partial charge in [-0.25, -0.2) is 4.79 Å². The van der Waals surface area contributed by atoms with Gasteiger partial charge in [0.2, 0.25) is 5.91 Å². The molecule has 0 spiro atoms. The predicted octanol–water partition coefficient (Wildman–Crippen LogP) is 3.87. The number of nitrogens with zero attached hydrogens (tertiary/aromatic N) is 1. The Balaban J connectivity index is 1.75. The van der Waals surface area contributed by atoms with Crippen LogP contribution >= 0.6 is 0 Å². The molecular weight excluding hydrogens is 374 g/mol. The van der Waals surface area contributed by atoms with Crippen LogP contribution in [0.2, 0.25) is 0 Å². The maximum atomic E-state index is 12.5. The Kier molecular flexibility index (Phi) is 6.43. The van der Waals surface area contributed by atoms with Crippen molar-refractivity contribution in [2.24, 2.45) is 0 Å². The highest BCUT2D eigenvalue weighted by Gasteiger charge is 2.23. The molecule has 3 rings (SSSR count). The summed E-state index contributed by atoms with van der Waals surface area (Å²) in [5.41, 5.74) is 1.72. The normalized spacial score (nSPS) is 13.6. The molecule has 1 heterocycles. The van der Waals surface area contributed by atoms with Gasteiger partial charge in [-0.1, -0.05) is 6.07 Å². The first kappa shape index (κ1) is 20.3. The van der Waals surface area contributed by atoms with E-state index in [-0.39, 0.29) is 5.91 Å². The van der Waals surface area contributed by atoms with Gasteiger partial charge >= 0.3 is 6.03 Å². The summed E-state index contributed by atoms with van der Waals surface area (Å²) in [5.74, 6) is 1.55. The summed E-state index contributed by atoms with van der Waals surface area (Å²) >= 11 is 0. The van der Waals surface area contributed by atoms with Crippen molar-refractivity contribution < 1.29 is 23.8 Å². The van der Waals surface area contributed by atoms with Crippen LogP contribution in [0.25, 0.3) is 0 Å². The van der Waals surface area contributed by atoms with Gasteiger partial charge in [-0.05, 0) is 37.1 Å². The van der Waals surface area contributed by atoms with Gasteiger partial charge < -0.3 is 29.7 Å². The van der Waals surface area contributed by atoms with E-state index in [1.807, 2.05) is 0 Å². The quantitative estimate of drug-likeness (QED) is 0.770. The molecule has 0 aromatic heterocycles. The van der Waals surface area contributed by atoms with Gasteiger partial charge in [0.1, 0.15) is 5.75 Å². The highest BCUT2D eigenvalue weighted by atomic mass is 16.5. The Labute approximate surface area is 169 Å². The van der Waals surface area contributed by atoms with E-state index < -0.39 is 6.03 Å². The van der Waals surface area contributed by atoms with E-state index in [0.29, 0.717) is 47.3 Å². The van der Waals surface area contributed by atoms with Crippen molar-refractivity contribution >= 4 is 29.0 Å². The van der Waals surface area contributed by atoms with E-state index in [2.05, 4.69) is 10.6 Å². The number of hydrogen-bond donors (Lipinski definition) is 2. The van der Waals surface area contributed by atoms with Crippen molar-refractivity contribution in [2.75, 3.05) is 43.4 Å². The number of urea groups is 1. The van der Waals surface area contributed by atoms with Crippen LogP contribution in [0.4, 0.5) is 21.9 Å². The minimum Gasteiger partial charge on any atom is -0.494 e. The zero-order valence-corrected chi connectivity index (χ0v) is 16.8. The van der Waals surface area contributed by atoms with Crippen LogP contribution in [-0.4, -0.2) is 39.8 Å². The maximum absolute atomic E-state index is 12.5. The highest BCUT2D eigenvalue weighted by molar-refractivity contribution is 6.02. The number of hydrogen-bond acceptors (Lipinski definition) is 5. The summed E-state index contributed by atoms with van der Waals surface area (Å²) in [4.78, 5) is 26.4. The number of nitrogens with one attached hydrogen (secondary N) is 2. The Morgan fingerprint density at radius 2 is 1.76 bits per heavy atom. The molecule has 29 heavy (non-hydrogen) atoms. The molecule has 2 aromatic carbocycles. The first-order valence-electron chi connectivity index (χ1n) is 9.34. The fraction of sp³-hybridized carbons (Fsp3) is 0.333. The van der Waals surface area contributed by atoms with E-state index in [9.17, 15) is 9.59 Å². The van der Waals surface area contributed by atoms with E-state index >= 15 is 0 Å². The van der Waals surface area contributed by atoms with Crippen molar-refractivity contribution in [1.82, 2.24) is 0 Å². The number of methoxy groups -OCH3 is 3. The lowest BCUT2D eigenvalue weighted by Gasteiger charge is -2.28. The van der Waals surface area contributed by atoms with Crippen LogP contribution in [-0.2, 0) is 4.79 Å². The first-order chi connectivity index (χ1) is 14.1. The third-order valence-corrected chi connectivity index (χ3v) is 4.70. The van der Waals surface area contributed by atoms with Gasteiger partial charge in [0.25, 0.3) is 0 Å². The molecule has 1 aliphatic heterocycles. The lowest BCUT2D eigenvalue weighted by molar-refractivity contribution is -0.119. The zero-order valence-electron chi connectivity index (χ0n) is 16.8. The number of amides is 3. The van der Waals surface area contributed by atoms with Crippen LogP contribution in [0, 0.1) is 0 Å². The molecule has 1 fully saturated rings. The van der Waals surface area contributed by atoms with E-state index in [0.717, 1.165) is 12.8 Å². The van der Waals surface area contributed by atoms with E-state index in [1.54, 1.807) is 41.3 Å². The third kappa shape index (κ3) is 4.53. The second kappa shape index (κ2) is 9.18. The maximum Gasteiger partial charge on any atom is 0.323 e. The second-order valence-electron chi connectivity index (χ2n) is 6.51. The van der Waals surface area contributed by atoms with Crippen molar-refractivity contribution in [3.05, 3.63) is 36.4 Å². The molecule has 1 aliphatic rings. The molecule has 3 amide bonds. The average Bonchev–Trinajstić information content (AvgIpc) is 2.73. The van der Waals surface area contributed by atoms with Gasteiger partial charge in [0.05, 0.1) is 32.7 Å². The van der Waals surface area contributed by atoms with E-state index in [4.69, 9.17) is 14.2 Å². The number of anilines is 3. The Morgan fingerprint density at radius 1 is 0.966 bits per heavy atom. The second-order valence-corrected chi connectivity index (χ2v) is 6.51. The number of benzene rings is 2. The van der Waals surface area contributed by atoms with Crippen LogP contribution in [0.3, 0.4) is 0 Å².